The molecule has 0 bridgehead atoms. The number of carbonyl (C=O) groups excluding carboxylic acids is 1. The second kappa shape index (κ2) is 10.9. The molecular weight excluding hydrogens is 380 g/mol. The molecule has 1 aliphatic heterocycles. The number of hydrogen-bond acceptors (Lipinski definition) is 2. The molecule has 1 aliphatic rings. The van der Waals surface area contributed by atoms with Crippen LogP contribution in [0.5, 0.6) is 0 Å². The molecular formula is C28H32N2O. The van der Waals surface area contributed by atoms with E-state index in [4.69, 9.17) is 0 Å². The van der Waals surface area contributed by atoms with Crippen LogP contribution in [-0.2, 0) is 24.3 Å². The smallest absolute Gasteiger partial charge is 0.236 e. The second-order valence-electron chi connectivity index (χ2n) is 8.63. The van der Waals surface area contributed by atoms with Gasteiger partial charge < -0.3 is 4.90 Å². The number of benzene rings is 3. The fourth-order valence-corrected chi connectivity index (χ4v) is 4.48. The van der Waals surface area contributed by atoms with Crippen molar-refractivity contribution in [1.82, 2.24) is 9.80 Å². The van der Waals surface area contributed by atoms with E-state index in [0.29, 0.717) is 12.5 Å². The van der Waals surface area contributed by atoms with E-state index < -0.39 is 0 Å². The molecule has 0 atom stereocenters. The topological polar surface area (TPSA) is 23.6 Å². The number of rotatable bonds is 8. The average Bonchev–Trinajstić information content (AvgIpc) is 2.81. The first kappa shape index (κ1) is 21.3. The van der Waals surface area contributed by atoms with E-state index in [0.717, 1.165) is 45.4 Å². The molecule has 0 aromatic heterocycles. The number of nitrogens with zero attached hydrogens (tertiary/aromatic N) is 2. The molecule has 0 N–H and O–H groups in total. The molecule has 1 heterocycles. The number of piperidine rings is 1. The first-order valence-electron chi connectivity index (χ1n) is 11.4. The molecule has 1 fully saturated rings. The van der Waals surface area contributed by atoms with Gasteiger partial charge in [0.1, 0.15) is 0 Å². The summed E-state index contributed by atoms with van der Waals surface area (Å²) >= 11 is 0. The van der Waals surface area contributed by atoms with Crippen molar-refractivity contribution in [2.75, 3.05) is 19.6 Å². The molecule has 0 unspecified atom stereocenters. The standard InChI is InChI=1S/C28H32N2O/c31-28(30-18-16-25(17-19-30)20-24-10-4-1-5-11-24)23-29(21-26-12-6-2-7-13-26)22-27-14-8-3-9-15-27/h1-15,25H,16-23H2. The first-order chi connectivity index (χ1) is 15.3. The molecule has 3 aromatic rings. The highest BCUT2D eigenvalue weighted by Gasteiger charge is 2.24. The van der Waals surface area contributed by atoms with Gasteiger partial charge in [0, 0.05) is 26.2 Å². The lowest BCUT2D eigenvalue weighted by Crippen LogP contribution is -2.44. The van der Waals surface area contributed by atoms with Gasteiger partial charge in [-0.05, 0) is 41.9 Å². The Morgan fingerprint density at radius 2 is 1.16 bits per heavy atom. The van der Waals surface area contributed by atoms with Gasteiger partial charge in [0.2, 0.25) is 5.91 Å². The van der Waals surface area contributed by atoms with Crippen LogP contribution in [0.25, 0.3) is 0 Å². The van der Waals surface area contributed by atoms with Crippen LogP contribution in [-0.4, -0.2) is 35.3 Å². The Bertz CT molecular complexity index is 878. The summed E-state index contributed by atoms with van der Waals surface area (Å²) in [5.74, 6) is 0.932. The van der Waals surface area contributed by atoms with Crippen molar-refractivity contribution in [2.45, 2.75) is 32.4 Å². The third kappa shape index (κ3) is 6.53. The zero-order chi connectivity index (χ0) is 21.3. The minimum absolute atomic E-state index is 0.255. The first-order valence-corrected chi connectivity index (χ1v) is 11.4. The summed E-state index contributed by atoms with van der Waals surface area (Å²) in [7, 11) is 0. The molecule has 4 rings (SSSR count). The van der Waals surface area contributed by atoms with Crippen LogP contribution in [0.3, 0.4) is 0 Å². The summed E-state index contributed by atoms with van der Waals surface area (Å²) in [6.45, 7) is 3.78. The van der Waals surface area contributed by atoms with Gasteiger partial charge in [-0.15, -0.1) is 0 Å². The number of hydrogen-bond donors (Lipinski definition) is 0. The van der Waals surface area contributed by atoms with Gasteiger partial charge in [-0.25, -0.2) is 0 Å². The zero-order valence-electron chi connectivity index (χ0n) is 18.2. The maximum Gasteiger partial charge on any atom is 0.236 e. The van der Waals surface area contributed by atoms with Crippen molar-refractivity contribution in [3.8, 4) is 0 Å². The molecule has 3 nitrogen and oxygen atoms in total. The Balaban J connectivity index is 1.33. The van der Waals surface area contributed by atoms with Crippen molar-refractivity contribution in [3.63, 3.8) is 0 Å². The predicted molar refractivity (Wildman–Crippen MR) is 126 cm³/mol. The van der Waals surface area contributed by atoms with Crippen molar-refractivity contribution >= 4 is 5.91 Å². The van der Waals surface area contributed by atoms with Crippen LogP contribution in [0.4, 0.5) is 0 Å². The summed E-state index contributed by atoms with van der Waals surface area (Å²) in [4.78, 5) is 17.5. The Labute approximate surface area is 186 Å². The lowest BCUT2D eigenvalue weighted by Gasteiger charge is -2.34. The zero-order valence-corrected chi connectivity index (χ0v) is 18.2. The Morgan fingerprint density at radius 3 is 1.65 bits per heavy atom. The van der Waals surface area contributed by atoms with Gasteiger partial charge in [-0.3, -0.25) is 9.69 Å². The summed E-state index contributed by atoms with van der Waals surface area (Å²) in [5, 5.41) is 0. The maximum absolute atomic E-state index is 13.1. The van der Waals surface area contributed by atoms with E-state index in [1.807, 2.05) is 12.1 Å². The molecule has 0 aliphatic carbocycles. The summed E-state index contributed by atoms with van der Waals surface area (Å²) < 4.78 is 0. The van der Waals surface area contributed by atoms with E-state index in [1.165, 1.54) is 16.7 Å². The van der Waals surface area contributed by atoms with Crippen molar-refractivity contribution in [1.29, 1.82) is 0 Å². The Hall–Kier alpha value is -2.91. The molecule has 3 heteroatoms. The van der Waals surface area contributed by atoms with Crippen molar-refractivity contribution in [3.05, 3.63) is 108 Å². The molecule has 0 radical (unpaired) electrons. The number of amides is 1. The largest absolute Gasteiger partial charge is 0.342 e. The lowest BCUT2D eigenvalue weighted by molar-refractivity contribution is -0.134. The SMILES string of the molecule is O=C(CN(Cc1ccccc1)Cc1ccccc1)N1CCC(Cc2ccccc2)CC1. The van der Waals surface area contributed by atoms with Crippen LogP contribution in [0.15, 0.2) is 91.0 Å². The van der Waals surface area contributed by atoms with Crippen LogP contribution >= 0.6 is 0 Å². The molecule has 0 spiro atoms. The minimum Gasteiger partial charge on any atom is -0.342 e. The molecule has 1 amide bonds. The van der Waals surface area contributed by atoms with Crippen LogP contribution in [0.1, 0.15) is 29.5 Å². The Morgan fingerprint density at radius 1 is 0.710 bits per heavy atom. The van der Waals surface area contributed by atoms with Gasteiger partial charge >= 0.3 is 0 Å². The second-order valence-corrected chi connectivity index (χ2v) is 8.63. The average molecular weight is 413 g/mol. The molecule has 31 heavy (non-hydrogen) atoms. The van der Waals surface area contributed by atoms with Gasteiger partial charge in [-0.2, -0.15) is 0 Å². The number of carbonyl (C=O) groups is 1. The van der Waals surface area contributed by atoms with Crippen LogP contribution in [0, 0.1) is 5.92 Å². The highest BCUT2D eigenvalue weighted by atomic mass is 16.2. The maximum atomic E-state index is 13.1. The van der Waals surface area contributed by atoms with E-state index >= 15 is 0 Å². The monoisotopic (exact) mass is 412 g/mol. The quantitative estimate of drug-likeness (QED) is 0.510. The molecule has 0 saturated carbocycles. The lowest BCUT2D eigenvalue weighted by atomic mass is 9.90. The summed E-state index contributed by atoms with van der Waals surface area (Å²) in [6.07, 6.45) is 3.31. The van der Waals surface area contributed by atoms with E-state index in [1.54, 1.807) is 0 Å². The normalized spacial score (nSPS) is 14.7. The van der Waals surface area contributed by atoms with E-state index in [9.17, 15) is 4.79 Å². The third-order valence-corrected chi connectivity index (χ3v) is 6.19. The summed E-state index contributed by atoms with van der Waals surface area (Å²) in [6, 6.07) is 31.6. The number of likely N-dealkylation sites (tertiary alicyclic amines) is 1. The third-order valence-electron chi connectivity index (χ3n) is 6.19. The van der Waals surface area contributed by atoms with Crippen molar-refractivity contribution in [2.24, 2.45) is 5.92 Å². The van der Waals surface area contributed by atoms with Crippen LogP contribution < -0.4 is 0 Å². The van der Waals surface area contributed by atoms with Crippen molar-refractivity contribution < 1.29 is 4.79 Å². The minimum atomic E-state index is 0.255. The molecule has 1 saturated heterocycles. The molecule has 3 aromatic carbocycles. The fourth-order valence-electron chi connectivity index (χ4n) is 4.48. The fraction of sp³-hybridized carbons (Fsp3) is 0.321. The Kier molecular flexibility index (Phi) is 7.51. The highest BCUT2D eigenvalue weighted by Crippen LogP contribution is 2.22. The van der Waals surface area contributed by atoms with Gasteiger partial charge in [-0.1, -0.05) is 91.0 Å². The highest BCUT2D eigenvalue weighted by molar-refractivity contribution is 5.78. The van der Waals surface area contributed by atoms with E-state index in [2.05, 4.69) is 88.7 Å². The van der Waals surface area contributed by atoms with E-state index in [-0.39, 0.29) is 5.91 Å². The van der Waals surface area contributed by atoms with Crippen LogP contribution in [0.2, 0.25) is 0 Å². The van der Waals surface area contributed by atoms with Gasteiger partial charge in [0.15, 0.2) is 0 Å². The van der Waals surface area contributed by atoms with Gasteiger partial charge in [0.25, 0.3) is 0 Å². The van der Waals surface area contributed by atoms with Gasteiger partial charge in [0.05, 0.1) is 6.54 Å². The summed E-state index contributed by atoms with van der Waals surface area (Å²) in [5.41, 5.74) is 3.89. The molecule has 160 valence electrons. The predicted octanol–water partition coefficient (Wildman–Crippen LogP) is 5.17.